The van der Waals surface area contributed by atoms with E-state index < -0.39 is 0 Å². The molecule has 1 aliphatic heterocycles. The molecule has 20 heavy (non-hydrogen) atoms. The molecule has 1 aromatic carbocycles. The van der Waals surface area contributed by atoms with E-state index in [1.807, 2.05) is 36.9 Å². The summed E-state index contributed by atoms with van der Waals surface area (Å²) in [6.45, 7) is 5.00. The number of amides is 1. The minimum atomic E-state index is -0.321. The van der Waals surface area contributed by atoms with E-state index in [9.17, 15) is 9.59 Å². The number of nitrogens with two attached hydrogens (primary N) is 1. The zero-order valence-electron chi connectivity index (χ0n) is 12.2. The van der Waals surface area contributed by atoms with Crippen LogP contribution in [0.5, 0.6) is 0 Å². The first-order valence-corrected chi connectivity index (χ1v) is 7.13. The fourth-order valence-corrected chi connectivity index (χ4v) is 2.90. The Morgan fingerprint density at radius 3 is 2.70 bits per heavy atom. The summed E-state index contributed by atoms with van der Waals surface area (Å²) in [5, 5.41) is 0. The van der Waals surface area contributed by atoms with Crippen molar-refractivity contribution in [1.82, 2.24) is 4.90 Å². The van der Waals surface area contributed by atoms with Crippen LogP contribution >= 0.6 is 0 Å². The molecule has 2 rings (SSSR count). The van der Waals surface area contributed by atoms with Crippen LogP contribution in [0.15, 0.2) is 18.2 Å². The number of rotatable bonds is 4. The Kier molecular flexibility index (Phi) is 4.55. The molecule has 1 unspecified atom stereocenters. The zero-order valence-corrected chi connectivity index (χ0v) is 12.2. The predicted octanol–water partition coefficient (Wildman–Crippen LogP) is 1.83. The quantitative estimate of drug-likeness (QED) is 0.852. The zero-order chi connectivity index (χ0) is 14.7. The van der Waals surface area contributed by atoms with Crippen LogP contribution in [0, 0.1) is 13.8 Å². The number of primary amides is 1. The first kappa shape index (κ1) is 14.7. The number of nitrogens with zero attached hydrogens (tertiary/aromatic N) is 1. The Morgan fingerprint density at radius 1 is 1.30 bits per heavy atom. The van der Waals surface area contributed by atoms with E-state index in [4.69, 9.17) is 5.73 Å². The van der Waals surface area contributed by atoms with E-state index in [0.717, 1.165) is 42.5 Å². The van der Waals surface area contributed by atoms with Crippen molar-refractivity contribution in [2.45, 2.75) is 39.2 Å². The molecule has 1 heterocycles. The van der Waals surface area contributed by atoms with E-state index in [-0.39, 0.29) is 24.3 Å². The second kappa shape index (κ2) is 6.18. The maximum Gasteiger partial charge on any atom is 0.234 e. The number of benzene rings is 1. The molecule has 1 atom stereocenters. The first-order valence-electron chi connectivity index (χ1n) is 7.13. The van der Waals surface area contributed by atoms with E-state index in [1.165, 1.54) is 0 Å². The highest BCUT2D eigenvalue weighted by Gasteiger charge is 2.28. The molecule has 108 valence electrons. The third-order valence-electron chi connectivity index (χ3n) is 3.97. The van der Waals surface area contributed by atoms with Crippen molar-refractivity contribution in [1.29, 1.82) is 0 Å². The molecule has 4 nitrogen and oxygen atoms in total. The highest BCUT2D eigenvalue weighted by Crippen LogP contribution is 2.18. The van der Waals surface area contributed by atoms with Crippen molar-refractivity contribution in [2.75, 3.05) is 13.1 Å². The lowest BCUT2D eigenvalue weighted by atomic mass is 9.98. The Hall–Kier alpha value is -1.68. The average Bonchev–Trinajstić information content (AvgIpc) is 2.38. The van der Waals surface area contributed by atoms with Gasteiger partial charge < -0.3 is 5.73 Å². The van der Waals surface area contributed by atoms with Crippen LogP contribution in [-0.2, 0) is 4.79 Å². The Bertz CT molecular complexity index is 525. The molecule has 0 bridgehead atoms. The van der Waals surface area contributed by atoms with E-state index in [1.54, 1.807) is 0 Å². The minimum absolute atomic E-state index is 0.0654. The molecular formula is C16H22N2O2. The van der Waals surface area contributed by atoms with Crippen molar-refractivity contribution in [2.24, 2.45) is 5.73 Å². The van der Waals surface area contributed by atoms with Gasteiger partial charge in [0.05, 0.1) is 12.6 Å². The van der Waals surface area contributed by atoms with Gasteiger partial charge in [-0.2, -0.15) is 0 Å². The average molecular weight is 274 g/mol. The topological polar surface area (TPSA) is 63.4 Å². The van der Waals surface area contributed by atoms with Gasteiger partial charge in [-0.25, -0.2) is 0 Å². The number of Topliss-reactive ketones (excluding diaryl/α,β-unsaturated/α-hetero) is 1. The standard InChI is InChI=1S/C16H22N2O2/c1-11-6-7-13(12(2)9-11)15(19)10-18-8-4-3-5-14(18)16(17)20/h6-7,9,14H,3-5,8,10H2,1-2H3,(H2,17,20). The van der Waals surface area contributed by atoms with Gasteiger partial charge in [-0.05, 0) is 38.8 Å². The fraction of sp³-hybridized carbons (Fsp3) is 0.500. The summed E-state index contributed by atoms with van der Waals surface area (Å²) in [5.41, 5.74) is 8.30. The second-order valence-electron chi connectivity index (χ2n) is 5.63. The van der Waals surface area contributed by atoms with Gasteiger partial charge in [-0.15, -0.1) is 0 Å². The normalized spacial score (nSPS) is 19.8. The molecular weight excluding hydrogens is 252 g/mol. The third kappa shape index (κ3) is 3.25. The van der Waals surface area contributed by atoms with Gasteiger partial charge in [-0.3, -0.25) is 14.5 Å². The number of aryl methyl sites for hydroxylation is 2. The van der Waals surface area contributed by atoms with Crippen molar-refractivity contribution >= 4 is 11.7 Å². The summed E-state index contributed by atoms with van der Waals surface area (Å²) in [5.74, 6) is -0.256. The number of carbonyl (C=O) groups excluding carboxylic acids is 2. The van der Waals surface area contributed by atoms with Crippen molar-refractivity contribution in [3.05, 3.63) is 34.9 Å². The molecule has 0 aliphatic carbocycles. The van der Waals surface area contributed by atoms with Crippen LogP contribution in [0.25, 0.3) is 0 Å². The van der Waals surface area contributed by atoms with Gasteiger partial charge >= 0.3 is 0 Å². The monoisotopic (exact) mass is 274 g/mol. The summed E-state index contributed by atoms with van der Waals surface area (Å²) in [6, 6.07) is 5.53. The predicted molar refractivity (Wildman–Crippen MR) is 78.7 cm³/mol. The van der Waals surface area contributed by atoms with Crippen LogP contribution in [0.1, 0.15) is 40.7 Å². The molecule has 1 aliphatic rings. The number of ketones is 1. The minimum Gasteiger partial charge on any atom is -0.368 e. The maximum atomic E-state index is 12.4. The summed E-state index contributed by atoms with van der Waals surface area (Å²) >= 11 is 0. The third-order valence-corrected chi connectivity index (χ3v) is 3.97. The SMILES string of the molecule is Cc1ccc(C(=O)CN2CCCCC2C(N)=O)c(C)c1. The van der Waals surface area contributed by atoms with Crippen LogP contribution < -0.4 is 5.73 Å². The summed E-state index contributed by atoms with van der Waals surface area (Å²) in [6.07, 6.45) is 2.78. The van der Waals surface area contributed by atoms with Gasteiger partial charge in [0.1, 0.15) is 0 Å². The summed E-state index contributed by atoms with van der Waals surface area (Å²) in [7, 11) is 0. The van der Waals surface area contributed by atoms with E-state index >= 15 is 0 Å². The molecule has 1 fully saturated rings. The van der Waals surface area contributed by atoms with Gasteiger partial charge in [0.15, 0.2) is 5.78 Å². The molecule has 0 aromatic heterocycles. The van der Waals surface area contributed by atoms with Crippen molar-refractivity contribution in [3.8, 4) is 0 Å². The van der Waals surface area contributed by atoms with E-state index in [2.05, 4.69) is 0 Å². The maximum absolute atomic E-state index is 12.4. The number of hydrogen-bond acceptors (Lipinski definition) is 3. The Balaban J connectivity index is 2.11. The number of likely N-dealkylation sites (tertiary alicyclic amines) is 1. The molecule has 2 N–H and O–H groups in total. The largest absolute Gasteiger partial charge is 0.368 e. The molecule has 4 heteroatoms. The lowest BCUT2D eigenvalue weighted by Crippen LogP contribution is -2.49. The van der Waals surface area contributed by atoms with Crippen molar-refractivity contribution < 1.29 is 9.59 Å². The molecule has 0 spiro atoms. The second-order valence-corrected chi connectivity index (χ2v) is 5.63. The fourth-order valence-electron chi connectivity index (χ4n) is 2.90. The molecule has 0 saturated carbocycles. The molecule has 1 saturated heterocycles. The van der Waals surface area contributed by atoms with Crippen molar-refractivity contribution in [3.63, 3.8) is 0 Å². The molecule has 1 amide bonds. The summed E-state index contributed by atoms with van der Waals surface area (Å²) in [4.78, 5) is 25.8. The highest BCUT2D eigenvalue weighted by atomic mass is 16.1. The van der Waals surface area contributed by atoms with Gasteiger partial charge in [0.25, 0.3) is 0 Å². The highest BCUT2D eigenvalue weighted by molar-refractivity contribution is 5.99. The lowest BCUT2D eigenvalue weighted by molar-refractivity contribution is -0.124. The van der Waals surface area contributed by atoms with Gasteiger partial charge in [0.2, 0.25) is 5.91 Å². The van der Waals surface area contributed by atoms with Crippen LogP contribution in [0.2, 0.25) is 0 Å². The number of piperidine rings is 1. The molecule has 0 radical (unpaired) electrons. The van der Waals surface area contributed by atoms with Crippen LogP contribution in [-0.4, -0.2) is 35.7 Å². The lowest BCUT2D eigenvalue weighted by Gasteiger charge is -2.33. The van der Waals surface area contributed by atoms with E-state index in [0.29, 0.717) is 0 Å². The molecule has 1 aromatic rings. The first-order chi connectivity index (χ1) is 9.49. The van der Waals surface area contributed by atoms with Crippen LogP contribution in [0.4, 0.5) is 0 Å². The summed E-state index contributed by atoms with van der Waals surface area (Å²) < 4.78 is 0. The number of hydrogen-bond donors (Lipinski definition) is 1. The Labute approximate surface area is 119 Å². The number of carbonyl (C=O) groups is 2. The van der Waals surface area contributed by atoms with Gasteiger partial charge in [-0.1, -0.05) is 30.2 Å². The smallest absolute Gasteiger partial charge is 0.234 e. The Morgan fingerprint density at radius 2 is 2.05 bits per heavy atom. The van der Waals surface area contributed by atoms with Gasteiger partial charge in [0, 0.05) is 5.56 Å². The van der Waals surface area contributed by atoms with Crippen LogP contribution in [0.3, 0.4) is 0 Å².